The van der Waals surface area contributed by atoms with Crippen LogP contribution in [0.4, 0.5) is 5.69 Å². The van der Waals surface area contributed by atoms with Gasteiger partial charge < -0.3 is 0 Å². The lowest BCUT2D eigenvalue weighted by atomic mass is 10.2. The molecule has 0 aliphatic carbocycles. The van der Waals surface area contributed by atoms with E-state index in [1.165, 1.54) is 42.6 Å². The number of nitrogens with one attached hydrogen (secondary N) is 2. The molecule has 0 fully saturated rings. The van der Waals surface area contributed by atoms with Gasteiger partial charge in [-0.25, -0.2) is 13.8 Å². The number of halogens is 1. The van der Waals surface area contributed by atoms with Gasteiger partial charge in [-0.2, -0.15) is 5.10 Å². The molecule has 0 radical (unpaired) electrons. The zero-order chi connectivity index (χ0) is 20.0. The van der Waals surface area contributed by atoms with Crippen molar-refractivity contribution in [2.45, 2.75) is 4.90 Å². The van der Waals surface area contributed by atoms with E-state index in [9.17, 15) is 13.2 Å². The Bertz CT molecular complexity index is 1080. The third-order valence-electron chi connectivity index (χ3n) is 3.70. The summed E-state index contributed by atoms with van der Waals surface area (Å²) in [4.78, 5) is 12.3. The Morgan fingerprint density at radius 1 is 0.893 bits per heavy atom. The first-order valence-electron chi connectivity index (χ1n) is 8.21. The molecule has 142 valence electrons. The van der Waals surface area contributed by atoms with Gasteiger partial charge in [0.05, 0.1) is 11.1 Å². The maximum atomic E-state index is 12.3. The smallest absolute Gasteiger partial charge is 0.271 e. The zero-order valence-corrected chi connectivity index (χ0v) is 16.1. The van der Waals surface area contributed by atoms with Gasteiger partial charge in [-0.05, 0) is 54.1 Å². The van der Waals surface area contributed by atoms with Crippen molar-refractivity contribution in [3.8, 4) is 0 Å². The summed E-state index contributed by atoms with van der Waals surface area (Å²) < 4.78 is 27.1. The van der Waals surface area contributed by atoms with Crippen molar-refractivity contribution < 1.29 is 13.2 Å². The second-order valence-corrected chi connectivity index (χ2v) is 7.87. The molecule has 2 N–H and O–H groups in total. The first-order valence-corrected chi connectivity index (χ1v) is 10.1. The Balaban J connectivity index is 1.62. The lowest BCUT2D eigenvalue weighted by Gasteiger charge is -2.08. The lowest BCUT2D eigenvalue weighted by Crippen LogP contribution is -2.18. The van der Waals surface area contributed by atoms with Crippen molar-refractivity contribution in [2.24, 2.45) is 5.10 Å². The minimum absolute atomic E-state index is 0.161. The summed E-state index contributed by atoms with van der Waals surface area (Å²) in [5, 5.41) is 4.50. The SMILES string of the molecule is O=C(N/N=C/c1ccc(Cl)cc1)c1ccc(NS(=O)(=O)c2ccccc2)cc1. The summed E-state index contributed by atoms with van der Waals surface area (Å²) in [7, 11) is -3.68. The fourth-order valence-electron chi connectivity index (χ4n) is 2.28. The Morgan fingerprint density at radius 3 is 2.18 bits per heavy atom. The highest BCUT2D eigenvalue weighted by atomic mass is 35.5. The fourth-order valence-corrected chi connectivity index (χ4v) is 3.49. The Hall–Kier alpha value is -3.16. The molecule has 0 saturated carbocycles. The predicted molar refractivity (Wildman–Crippen MR) is 110 cm³/mol. The van der Waals surface area contributed by atoms with Crippen LogP contribution in [0.3, 0.4) is 0 Å². The molecular weight excluding hydrogens is 398 g/mol. The van der Waals surface area contributed by atoms with Gasteiger partial charge in [-0.3, -0.25) is 9.52 Å². The number of amides is 1. The average molecular weight is 414 g/mol. The number of anilines is 1. The van der Waals surface area contributed by atoms with Gasteiger partial charge in [0, 0.05) is 16.3 Å². The molecule has 0 saturated heterocycles. The normalized spacial score (nSPS) is 11.3. The fraction of sp³-hybridized carbons (Fsp3) is 0. The maximum Gasteiger partial charge on any atom is 0.271 e. The van der Waals surface area contributed by atoms with Crippen LogP contribution in [0.5, 0.6) is 0 Å². The highest BCUT2D eigenvalue weighted by molar-refractivity contribution is 7.92. The molecule has 0 bridgehead atoms. The first kappa shape index (κ1) is 19.6. The molecule has 0 unspecified atom stereocenters. The Morgan fingerprint density at radius 2 is 1.54 bits per heavy atom. The number of rotatable bonds is 6. The summed E-state index contributed by atoms with van der Waals surface area (Å²) in [6, 6.07) is 21.1. The number of hydrogen-bond acceptors (Lipinski definition) is 4. The van der Waals surface area contributed by atoms with Crippen LogP contribution < -0.4 is 10.1 Å². The van der Waals surface area contributed by atoms with E-state index in [0.29, 0.717) is 16.3 Å². The molecule has 3 aromatic rings. The van der Waals surface area contributed by atoms with Crippen molar-refractivity contribution in [1.82, 2.24) is 5.43 Å². The molecule has 0 aliphatic rings. The molecule has 0 aromatic heterocycles. The molecule has 0 spiro atoms. The molecular formula is C20H16ClN3O3S. The van der Waals surface area contributed by atoms with Crippen molar-refractivity contribution >= 4 is 39.4 Å². The topological polar surface area (TPSA) is 87.6 Å². The predicted octanol–water partition coefficient (Wildman–Crippen LogP) is 3.90. The van der Waals surface area contributed by atoms with Gasteiger partial charge in [0.1, 0.15) is 0 Å². The molecule has 8 heteroatoms. The van der Waals surface area contributed by atoms with Crippen LogP contribution in [0.1, 0.15) is 15.9 Å². The van der Waals surface area contributed by atoms with Crippen LogP contribution >= 0.6 is 11.6 Å². The number of carbonyl (C=O) groups is 1. The first-order chi connectivity index (χ1) is 13.4. The second-order valence-electron chi connectivity index (χ2n) is 5.75. The molecule has 0 aliphatic heterocycles. The molecule has 0 atom stereocenters. The lowest BCUT2D eigenvalue weighted by molar-refractivity contribution is 0.0955. The third-order valence-corrected chi connectivity index (χ3v) is 5.35. The van der Waals surface area contributed by atoms with Crippen LogP contribution in [0.25, 0.3) is 0 Å². The van der Waals surface area contributed by atoms with Crippen molar-refractivity contribution in [3.05, 3.63) is 95.0 Å². The van der Waals surface area contributed by atoms with E-state index in [1.807, 2.05) is 0 Å². The van der Waals surface area contributed by atoms with E-state index < -0.39 is 15.9 Å². The van der Waals surface area contributed by atoms with Crippen molar-refractivity contribution in [1.29, 1.82) is 0 Å². The van der Waals surface area contributed by atoms with Crippen molar-refractivity contribution in [3.63, 3.8) is 0 Å². The molecule has 28 heavy (non-hydrogen) atoms. The van der Waals surface area contributed by atoms with Gasteiger partial charge in [-0.15, -0.1) is 0 Å². The molecule has 6 nitrogen and oxygen atoms in total. The van der Waals surface area contributed by atoms with Crippen LogP contribution in [-0.4, -0.2) is 20.5 Å². The van der Waals surface area contributed by atoms with E-state index >= 15 is 0 Å². The number of carbonyl (C=O) groups excluding carboxylic acids is 1. The zero-order valence-electron chi connectivity index (χ0n) is 14.5. The van der Waals surface area contributed by atoms with E-state index in [4.69, 9.17) is 11.6 Å². The van der Waals surface area contributed by atoms with Gasteiger partial charge in [0.25, 0.3) is 15.9 Å². The highest BCUT2D eigenvalue weighted by Crippen LogP contribution is 2.16. The largest absolute Gasteiger partial charge is 0.280 e. The van der Waals surface area contributed by atoms with E-state index in [-0.39, 0.29) is 4.90 Å². The minimum atomic E-state index is -3.68. The van der Waals surface area contributed by atoms with Gasteiger partial charge in [0.2, 0.25) is 0 Å². The van der Waals surface area contributed by atoms with Gasteiger partial charge in [-0.1, -0.05) is 41.9 Å². The molecule has 3 aromatic carbocycles. The van der Waals surface area contributed by atoms with Crippen LogP contribution in [0.2, 0.25) is 5.02 Å². The number of hydrogen-bond donors (Lipinski definition) is 2. The van der Waals surface area contributed by atoms with E-state index in [1.54, 1.807) is 42.5 Å². The highest BCUT2D eigenvalue weighted by Gasteiger charge is 2.13. The number of benzene rings is 3. The van der Waals surface area contributed by atoms with E-state index in [2.05, 4.69) is 15.2 Å². The summed E-state index contributed by atoms with van der Waals surface area (Å²) >= 11 is 5.81. The Kier molecular flexibility index (Phi) is 6.08. The third kappa shape index (κ3) is 5.18. The number of hydrazone groups is 1. The van der Waals surface area contributed by atoms with Crippen molar-refractivity contribution in [2.75, 3.05) is 4.72 Å². The number of sulfonamides is 1. The summed E-state index contributed by atoms with van der Waals surface area (Å²) in [6.45, 7) is 0. The average Bonchev–Trinajstić information content (AvgIpc) is 2.70. The molecule has 0 heterocycles. The summed E-state index contributed by atoms with van der Waals surface area (Å²) in [5.41, 5.74) is 3.90. The Labute approximate surface area is 167 Å². The van der Waals surface area contributed by atoms with E-state index in [0.717, 1.165) is 5.56 Å². The van der Waals surface area contributed by atoms with Crippen LogP contribution in [-0.2, 0) is 10.0 Å². The molecule has 1 amide bonds. The van der Waals surface area contributed by atoms with Crippen LogP contribution in [0, 0.1) is 0 Å². The molecule has 3 rings (SSSR count). The monoisotopic (exact) mass is 413 g/mol. The standard InChI is InChI=1S/C20H16ClN3O3S/c21-17-10-6-15(7-11-17)14-22-23-20(25)16-8-12-18(13-9-16)24-28(26,27)19-4-2-1-3-5-19/h1-14,24H,(H,23,25)/b22-14+. The quantitative estimate of drug-likeness (QED) is 0.474. The second kappa shape index (κ2) is 8.69. The minimum Gasteiger partial charge on any atom is -0.280 e. The van der Waals surface area contributed by atoms with Gasteiger partial charge in [0.15, 0.2) is 0 Å². The summed E-state index contributed by atoms with van der Waals surface area (Å²) in [6.07, 6.45) is 1.50. The maximum absolute atomic E-state index is 12.3. The van der Waals surface area contributed by atoms with Crippen LogP contribution in [0.15, 0.2) is 88.9 Å². The summed E-state index contributed by atoms with van der Waals surface area (Å²) in [5.74, 6) is -0.414. The number of nitrogens with zero attached hydrogens (tertiary/aromatic N) is 1. The van der Waals surface area contributed by atoms with Gasteiger partial charge >= 0.3 is 0 Å².